The van der Waals surface area contributed by atoms with Gasteiger partial charge in [0.1, 0.15) is 83.6 Å². The lowest BCUT2D eigenvalue weighted by Gasteiger charge is -2.40. The number of hydrogen-bond acceptors (Lipinski definition) is 34. The van der Waals surface area contributed by atoms with E-state index in [1.54, 1.807) is 27.7 Å². The van der Waals surface area contributed by atoms with E-state index in [-0.39, 0.29) is 162 Å². The molecule has 15 N–H and O–H groups in total. The number of carbonyl (C=O) groups is 8. The Morgan fingerprint density at radius 2 is 0.805 bits per heavy atom. The molecular formula is C82H153N3O36P2. The molecule has 0 bridgehead atoms. The van der Waals surface area contributed by atoms with Crippen molar-refractivity contribution in [2.45, 2.75) is 340 Å². The number of nitrogens with zero attached hydrogens (tertiary/aromatic N) is 1. The van der Waals surface area contributed by atoms with Gasteiger partial charge in [0.05, 0.1) is 115 Å². The van der Waals surface area contributed by atoms with Gasteiger partial charge in [0, 0.05) is 141 Å². The lowest BCUT2D eigenvalue weighted by Crippen LogP contribution is -2.59. The van der Waals surface area contributed by atoms with Crippen LogP contribution < -0.4 is 10.6 Å². The van der Waals surface area contributed by atoms with Crippen LogP contribution in [0.25, 0.3) is 0 Å². The molecule has 5 saturated heterocycles. The Balaban J connectivity index is 0.0000150. The number of aliphatic hydroxyl groups excluding tert-OH is 11. The number of hydrogen-bond donors (Lipinski definition) is 15. The van der Waals surface area contributed by atoms with E-state index in [9.17, 15) is 108 Å². The molecule has 0 radical (unpaired) electrons. The van der Waals surface area contributed by atoms with E-state index in [0.717, 1.165) is 18.7 Å². The Morgan fingerprint density at radius 3 is 1.18 bits per heavy atom. The van der Waals surface area contributed by atoms with Gasteiger partial charge in [0.25, 0.3) is 0 Å². The predicted molar refractivity (Wildman–Crippen MR) is 446 cm³/mol. The van der Waals surface area contributed by atoms with E-state index >= 15 is 0 Å². The van der Waals surface area contributed by atoms with E-state index < -0.39 is 220 Å². The molecule has 3 amide bonds. The van der Waals surface area contributed by atoms with Crippen LogP contribution in [0.15, 0.2) is 0 Å². The summed E-state index contributed by atoms with van der Waals surface area (Å²) in [5.74, 6) is -4.06. The van der Waals surface area contributed by atoms with Crippen molar-refractivity contribution < 1.29 is 174 Å². The van der Waals surface area contributed by atoms with Crippen LogP contribution in [0.4, 0.5) is 0 Å². The van der Waals surface area contributed by atoms with Crippen LogP contribution in [-0.2, 0) is 108 Å². The highest BCUT2D eigenvalue weighted by Gasteiger charge is 2.47. The van der Waals surface area contributed by atoms with E-state index in [4.69, 9.17) is 66.0 Å². The van der Waals surface area contributed by atoms with Gasteiger partial charge in [-0.3, -0.25) is 52.0 Å². The summed E-state index contributed by atoms with van der Waals surface area (Å²) >= 11 is 0. The zero-order chi connectivity index (χ0) is 89.0. The number of amides is 3. The number of unbranched alkanes of at least 4 members (excludes halogenated alkanes) is 8. The van der Waals surface area contributed by atoms with Gasteiger partial charge in [-0.05, 0) is 90.4 Å². The second-order valence-corrected chi connectivity index (χ2v) is 35.2. The van der Waals surface area contributed by atoms with Gasteiger partial charge in [-0.2, -0.15) is 0 Å². The van der Waals surface area contributed by atoms with Gasteiger partial charge in [-0.25, -0.2) is 4.57 Å². The van der Waals surface area contributed by atoms with Crippen LogP contribution in [0, 0.1) is 17.8 Å². The van der Waals surface area contributed by atoms with Gasteiger partial charge in [-0.1, -0.05) is 55.9 Å². The van der Waals surface area contributed by atoms with Crippen LogP contribution in [0.1, 0.15) is 230 Å². The van der Waals surface area contributed by atoms with E-state index in [1.165, 1.54) is 0 Å². The Morgan fingerprint density at radius 1 is 0.439 bits per heavy atom. The number of likely N-dealkylation sites (tertiary alicyclic amines) is 1. The smallest absolute Gasteiger partial charge is 0.400 e. The van der Waals surface area contributed by atoms with Crippen LogP contribution in [0.3, 0.4) is 0 Å². The number of phosphoric acid groups is 1. The summed E-state index contributed by atoms with van der Waals surface area (Å²) in [4.78, 5) is 128. The molecule has 39 nitrogen and oxygen atoms in total. The highest BCUT2D eigenvalue weighted by molar-refractivity contribution is 7.51. The second-order valence-electron chi connectivity index (χ2n) is 32.0. The maximum atomic E-state index is 14.4. The first-order valence-electron chi connectivity index (χ1n) is 42.4. The number of phosphoric ester groups is 1. The lowest BCUT2D eigenvalue weighted by molar-refractivity contribution is -0.282. The Kier molecular flexibility index (Phi) is 60.3. The number of aliphatic hydroxyl groups is 11. The minimum absolute atomic E-state index is 0. The molecule has 0 aromatic heterocycles. The van der Waals surface area contributed by atoms with Crippen molar-refractivity contribution in [2.75, 3.05) is 119 Å². The fourth-order valence-corrected chi connectivity index (χ4v) is 16.2. The van der Waals surface area contributed by atoms with Gasteiger partial charge in [-0.15, -0.1) is 0 Å². The Bertz CT molecular complexity index is 2850. The van der Waals surface area contributed by atoms with Gasteiger partial charge >= 0.3 is 15.4 Å². The molecule has 5 heterocycles. The fourth-order valence-electron chi connectivity index (χ4n) is 14.5. The number of ketones is 5. The summed E-state index contributed by atoms with van der Waals surface area (Å²) in [5, 5.41) is 113. The number of rotatable bonds is 64. The minimum atomic E-state index is -4.94. The summed E-state index contributed by atoms with van der Waals surface area (Å²) in [6.45, 7) is 3.66. The molecule has 0 spiro atoms. The van der Waals surface area contributed by atoms with Gasteiger partial charge in [0.15, 0.2) is 18.9 Å². The first-order chi connectivity index (χ1) is 57.1. The summed E-state index contributed by atoms with van der Waals surface area (Å²) in [5.41, 5.74) is -1.69. The van der Waals surface area contributed by atoms with Crippen LogP contribution in [-0.4, -0.2) is 347 Å². The monoisotopic (exact) mass is 1820 g/mol. The van der Waals surface area contributed by atoms with Gasteiger partial charge < -0.3 is 133 Å². The van der Waals surface area contributed by atoms with Crippen molar-refractivity contribution in [1.82, 2.24) is 15.5 Å². The number of ether oxygens (including phenoxy) is 10. The van der Waals surface area contributed by atoms with Crippen molar-refractivity contribution >= 4 is 62.1 Å². The number of carbonyl (C=O) groups excluding carboxylic acids is 8. The maximum Gasteiger partial charge on any atom is 0.472 e. The topological polar surface area (TPSA) is 581 Å². The molecule has 722 valence electrons. The van der Waals surface area contributed by atoms with Crippen molar-refractivity contribution in [2.24, 2.45) is 17.8 Å². The third-order valence-corrected chi connectivity index (χ3v) is 23.4. The van der Waals surface area contributed by atoms with E-state index in [0.29, 0.717) is 116 Å². The summed E-state index contributed by atoms with van der Waals surface area (Å²) in [7, 11) is -7.94. The highest BCUT2D eigenvalue weighted by atomic mass is 31.2. The van der Waals surface area contributed by atoms with Crippen molar-refractivity contribution in [1.29, 1.82) is 0 Å². The number of Topliss-reactive ketones (excluding diaryl/α,β-unsaturated/α-hetero) is 5. The molecule has 5 rings (SSSR count). The number of nitrogens with one attached hydrogen (secondary N) is 2. The second kappa shape index (κ2) is 63.2. The molecule has 5 aliphatic heterocycles. The SMILES string of the molecule is C.C.C.CC1[C@H](OCCCCC(=O)CCCCCC(=O)CCOCC(COCCC(=O)CCCCCC(=O)CCCCO[C@@H]2OC(CO)[C@H](O)[C@H](O)C2C)(COCCC(=O)NCCCCC(=O)CCCCO[C@@H]2OC(CO)[C@H](O)[C@H](O)C2C)NC(=O)CC(=O)N2C[C@H](OP(=O)(O)OC[C@H]3O[C@@H](C)CC3OP(C)(=O)O)C[C@H]2CO)OC(CO)[C@H](O)[C@@H]1O.CO. The zero-order valence-electron chi connectivity index (χ0n) is 70.7. The van der Waals surface area contributed by atoms with E-state index in [1.807, 2.05) is 0 Å². The van der Waals surface area contributed by atoms with Crippen LogP contribution in [0.5, 0.6) is 0 Å². The summed E-state index contributed by atoms with van der Waals surface area (Å²) in [6, 6.07) is -1.01. The first-order valence-corrected chi connectivity index (χ1v) is 45.9. The molecule has 5 fully saturated rings. The molecule has 0 saturated carbocycles. The average molecular weight is 1820 g/mol. The Hall–Kier alpha value is -3.82. The standard InChI is InChI=1S/C78H137N3O35P2.CH4O.3CH4/c1-50-38-61(116-117(5,100)101)65(111-50)46-110-118(102,103)115-60-39-54(42-82)81(41-60)68(93)40-67(92)80-78(47-104-35-28-58(89)22-10-6-8-20-55(86)25-13-17-32-107-75-51(2)69(94)72(97)62(43-83)112-75,48-105-36-29-59(90)23-11-7-9-21-56(87)26-14-18-33-108-76-52(3)70(95)73(98)63(44-84)113-76)49-106-37-30-66(91)79-31-16-12-24-57(88)27-15-19-34-109-77-53(4)71(96)74(99)64(45-85)114-77;1-2;;;/h50-54,60-65,69-77,82-85,94-99H,6-49H2,1-5H3,(H,79,91)(H,80,92)(H,100,101)(H,102,103);2H,1H3;3*1H4/t50-,51?,52?,53?,54-,60+,61?,62?,63?,64?,65+,69+,70+,71+,72-,73-,74-,75+,76+,77+,78?;;;;/m0..../s1. The summed E-state index contributed by atoms with van der Waals surface area (Å²) in [6.07, 6.45) is -8.09. The summed E-state index contributed by atoms with van der Waals surface area (Å²) < 4.78 is 99.3. The molecule has 123 heavy (non-hydrogen) atoms. The first kappa shape index (κ1) is 117. The van der Waals surface area contributed by atoms with Crippen molar-refractivity contribution in [3.8, 4) is 0 Å². The van der Waals surface area contributed by atoms with Crippen molar-refractivity contribution in [3.63, 3.8) is 0 Å². The third-order valence-electron chi connectivity index (χ3n) is 21.7. The highest BCUT2D eigenvalue weighted by Crippen LogP contribution is 2.49. The molecule has 9 unspecified atom stereocenters. The van der Waals surface area contributed by atoms with Crippen molar-refractivity contribution in [3.05, 3.63) is 0 Å². The average Bonchev–Trinajstić information content (AvgIpc) is 1.66. The molecule has 5 aliphatic rings. The molecule has 22 atom stereocenters. The normalized spacial score (nSPS) is 28.4. The van der Waals surface area contributed by atoms with E-state index in [2.05, 4.69) is 10.6 Å². The molecule has 0 aliphatic carbocycles. The van der Waals surface area contributed by atoms with Gasteiger partial charge in [0.2, 0.25) is 17.7 Å². The molecule has 41 heteroatoms. The largest absolute Gasteiger partial charge is 0.472 e. The predicted octanol–water partition coefficient (Wildman–Crippen LogP) is 3.26. The molecular weight excluding hydrogens is 1660 g/mol. The quantitative estimate of drug-likeness (QED) is 0.0236. The fraction of sp³-hybridized carbons (Fsp3) is 0.902. The van der Waals surface area contributed by atoms with Crippen LogP contribution >= 0.6 is 15.4 Å². The Labute approximate surface area is 725 Å². The zero-order valence-corrected chi connectivity index (χ0v) is 72.5. The van der Waals surface area contributed by atoms with Crippen LogP contribution in [0.2, 0.25) is 0 Å². The lowest BCUT2D eigenvalue weighted by atomic mass is 9.92. The molecule has 0 aromatic carbocycles. The third kappa shape index (κ3) is 44.6. The maximum absolute atomic E-state index is 14.4. The molecule has 0 aromatic rings. The minimum Gasteiger partial charge on any atom is -0.400 e.